The highest BCUT2D eigenvalue weighted by Gasteiger charge is 2.41. The number of carbonyl (C=O) groups excluding carboxylic acids is 1. The Morgan fingerprint density at radius 1 is 1.45 bits per heavy atom. The van der Waals surface area contributed by atoms with Crippen LogP contribution in [0.1, 0.15) is 36.1 Å². The number of aryl methyl sites for hydroxylation is 1. The molecule has 0 radical (unpaired) electrons. The molecule has 4 nitrogen and oxygen atoms in total. The number of nitrogens with one attached hydrogen (secondary N) is 1. The molecule has 5 heteroatoms. The van der Waals surface area contributed by atoms with Gasteiger partial charge in [0.25, 0.3) is 0 Å². The largest absolute Gasteiger partial charge is 0.481 e. The lowest BCUT2D eigenvalue weighted by atomic mass is 9.86. The first kappa shape index (κ1) is 14.8. The lowest BCUT2D eigenvalue weighted by Gasteiger charge is -2.23. The first-order valence-electron chi connectivity index (χ1n) is 6.77. The molecular weight excluding hydrogens is 274 g/mol. The second-order valence-electron chi connectivity index (χ2n) is 5.31. The van der Waals surface area contributed by atoms with Crippen LogP contribution < -0.4 is 5.32 Å². The van der Waals surface area contributed by atoms with E-state index in [2.05, 4.69) is 5.32 Å². The van der Waals surface area contributed by atoms with Crippen LogP contribution in [0.3, 0.4) is 0 Å². The van der Waals surface area contributed by atoms with Gasteiger partial charge in [0.05, 0.1) is 5.41 Å². The Hall–Kier alpha value is -1.62. The molecule has 1 aliphatic rings. The zero-order valence-electron chi connectivity index (χ0n) is 11.5. The molecule has 20 heavy (non-hydrogen) atoms. The van der Waals surface area contributed by atoms with Crippen molar-refractivity contribution >= 4 is 29.3 Å². The second kappa shape index (κ2) is 6.22. The Labute approximate surface area is 122 Å². The summed E-state index contributed by atoms with van der Waals surface area (Å²) in [6, 6.07) is 2.00. The van der Waals surface area contributed by atoms with Gasteiger partial charge >= 0.3 is 5.97 Å². The summed E-state index contributed by atoms with van der Waals surface area (Å²) < 4.78 is 0. The fourth-order valence-corrected chi connectivity index (χ4v) is 3.36. The summed E-state index contributed by atoms with van der Waals surface area (Å²) in [5.74, 6) is -1.03. The van der Waals surface area contributed by atoms with Gasteiger partial charge in [-0.15, -0.1) is 11.3 Å². The van der Waals surface area contributed by atoms with Gasteiger partial charge in [0.1, 0.15) is 0 Å². The first-order chi connectivity index (χ1) is 9.53. The molecule has 1 fully saturated rings. The van der Waals surface area contributed by atoms with Crippen molar-refractivity contribution in [2.45, 2.75) is 32.6 Å². The Morgan fingerprint density at radius 3 is 2.70 bits per heavy atom. The van der Waals surface area contributed by atoms with Gasteiger partial charge in [-0.2, -0.15) is 0 Å². The summed E-state index contributed by atoms with van der Waals surface area (Å²) in [4.78, 5) is 24.2. The number of carbonyl (C=O) groups is 2. The molecule has 0 aromatic carbocycles. The van der Waals surface area contributed by atoms with Crippen molar-refractivity contribution in [3.05, 3.63) is 28.0 Å². The number of hydrogen-bond donors (Lipinski definition) is 2. The molecule has 1 heterocycles. The van der Waals surface area contributed by atoms with Gasteiger partial charge < -0.3 is 10.4 Å². The van der Waals surface area contributed by atoms with E-state index in [1.807, 2.05) is 18.4 Å². The smallest absolute Gasteiger partial charge is 0.311 e. The quantitative estimate of drug-likeness (QED) is 0.820. The van der Waals surface area contributed by atoms with Crippen LogP contribution in [0.15, 0.2) is 17.5 Å². The van der Waals surface area contributed by atoms with E-state index < -0.39 is 11.4 Å². The number of aliphatic carboxylic acids is 1. The molecule has 1 aliphatic carbocycles. The van der Waals surface area contributed by atoms with Crippen LogP contribution in [0.25, 0.3) is 6.08 Å². The van der Waals surface area contributed by atoms with E-state index in [-0.39, 0.29) is 12.5 Å². The average Bonchev–Trinajstić information content (AvgIpc) is 3.04. The van der Waals surface area contributed by atoms with E-state index >= 15 is 0 Å². The van der Waals surface area contributed by atoms with Crippen molar-refractivity contribution < 1.29 is 14.7 Å². The second-order valence-corrected chi connectivity index (χ2v) is 6.26. The van der Waals surface area contributed by atoms with Gasteiger partial charge in [-0.05, 0) is 42.9 Å². The van der Waals surface area contributed by atoms with Gasteiger partial charge in [-0.3, -0.25) is 9.59 Å². The lowest BCUT2D eigenvalue weighted by molar-refractivity contribution is -0.148. The summed E-state index contributed by atoms with van der Waals surface area (Å²) in [5.41, 5.74) is 0.374. The van der Waals surface area contributed by atoms with Crippen molar-refractivity contribution in [1.29, 1.82) is 0 Å². The molecule has 0 aliphatic heterocycles. The minimum atomic E-state index is -0.798. The molecule has 108 valence electrons. The highest BCUT2D eigenvalue weighted by molar-refractivity contribution is 7.11. The summed E-state index contributed by atoms with van der Waals surface area (Å²) in [6.45, 7) is 2.21. The number of rotatable bonds is 5. The predicted molar refractivity (Wildman–Crippen MR) is 79.6 cm³/mol. The molecule has 0 atom stereocenters. The minimum Gasteiger partial charge on any atom is -0.481 e. The van der Waals surface area contributed by atoms with E-state index in [9.17, 15) is 14.7 Å². The minimum absolute atomic E-state index is 0.217. The fraction of sp³-hybridized carbons (Fsp3) is 0.467. The Morgan fingerprint density at radius 2 is 2.15 bits per heavy atom. The monoisotopic (exact) mass is 293 g/mol. The van der Waals surface area contributed by atoms with Crippen LogP contribution in [-0.2, 0) is 9.59 Å². The van der Waals surface area contributed by atoms with Crippen molar-refractivity contribution in [3.63, 3.8) is 0 Å². The molecule has 2 rings (SSSR count). The summed E-state index contributed by atoms with van der Waals surface area (Å²) in [5, 5.41) is 14.0. The van der Waals surface area contributed by atoms with Gasteiger partial charge in [0.15, 0.2) is 0 Å². The SMILES string of the molecule is Cc1ccsc1/C=C/C(=O)NCC1(C(=O)O)CCCC1. The molecule has 2 N–H and O–H groups in total. The topological polar surface area (TPSA) is 66.4 Å². The zero-order valence-corrected chi connectivity index (χ0v) is 12.3. The average molecular weight is 293 g/mol. The maximum absolute atomic E-state index is 11.8. The van der Waals surface area contributed by atoms with Crippen LogP contribution in [0.4, 0.5) is 0 Å². The number of carboxylic acid groups (broad SMARTS) is 1. The highest BCUT2D eigenvalue weighted by Crippen LogP contribution is 2.37. The molecular formula is C15H19NO3S. The van der Waals surface area contributed by atoms with Gasteiger partial charge in [-0.1, -0.05) is 12.8 Å². The van der Waals surface area contributed by atoms with Gasteiger partial charge in [-0.25, -0.2) is 0 Å². The molecule has 0 saturated heterocycles. The predicted octanol–water partition coefficient (Wildman–Crippen LogP) is 2.83. The van der Waals surface area contributed by atoms with Crippen LogP contribution >= 0.6 is 11.3 Å². The number of amides is 1. The van der Waals surface area contributed by atoms with E-state index in [1.54, 1.807) is 17.4 Å². The van der Waals surface area contributed by atoms with E-state index in [1.165, 1.54) is 6.08 Å². The summed E-state index contributed by atoms with van der Waals surface area (Å²) in [7, 11) is 0. The molecule has 0 spiro atoms. The molecule has 0 bridgehead atoms. The number of thiophene rings is 1. The highest BCUT2D eigenvalue weighted by atomic mass is 32.1. The normalized spacial score (nSPS) is 17.4. The van der Waals surface area contributed by atoms with E-state index in [0.717, 1.165) is 23.3 Å². The van der Waals surface area contributed by atoms with Crippen LogP contribution in [0.5, 0.6) is 0 Å². The molecule has 1 saturated carbocycles. The van der Waals surface area contributed by atoms with Gasteiger partial charge in [0.2, 0.25) is 5.91 Å². The molecule has 0 unspecified atom stereocenters. The fourth-order valence-electron chi connectivity index (χ4n) is 2.54. The maximum atomic E-state index is 11.8. The van der Waals surface area contributed by atoms with Crippen molar-refractivity contribution in [2.24, 2.45) is 5.41 Å². The molecule has 1 aromatic rings. The first-order valence-corrected chi connectivity index (χ1v) is 7.65. The van der Waals surface area contributed by atoms with Gasteiger partial charge in [0, 0.05) is 17.5 Å². The van der Waals surface area contributed by atoms with Crippen molar-refractivity contribution in [3.8, 4) is 0 Å². The zero-order chi connectivity index (χ0) is 14.6. The number of carboxylic acids is 1. The standard InChI is InChI=1S/C15H19NO3S/c1-11-6-9-20-12(11)4-5-13(17)16-10-15(14(18)19)7-2-3-8-15/h4-6,9H,2-3,7-8,10H2,1H3,(H,16,17)(H,18,19)/b5-4+. The number of hydrogen-bond acceptors (Lipinski definition) is 3. The third kappa shape index (κ3) is 3.28. The van der Waals surface area contributed by atoms with E-state index in [0.29, 0.717) is 12.8 Å². The van der Waals surface area contributed by atoms with Crippen molar-refractivity contribution in [1.82, 2.24) is 5.32 Å². The Kier molecular flexibility index (Phi) is 4.60. The molecule has 1 amide bonds. The lowest BCUT2D eigenvalue weighted by Crippen LogP contribution is -2.40. The van der Waals surface area contributed by atoms with Crippen LogP contribution in [-0.4, -0.2) is 23.5 Å². The van der Waals surface area contributed by atoms with Crippen LogP contribution in [0.2, 0.25) is 0 Å². The maximum Gasteiger partial charge on any atom is 0.311 e. The third-order valence-corrected chi connectivity index (χ3v) is 4.89. The molecule has 1 aromatic heterocycles. The Bertz CT molecular complexity index is 527. The van der Waals surface area contributed by atoms with E-state index in [4.69, 9.17) is 0 Å². The third-order valence-electron chi connectivity index (χ3n) is 3.90. The van der Waals surface area contributed by atoms with Crippen molar-refractivity contribution in [2.75, 3.05) is 6.54 Å². The summed E-state index contributed by atoms with van der Waals surface area (Å²) >= 11 is 1.58. The van der Waals surface area contributed by atoms with Crippen LogP contribution in [0, 0.1) is 12.3 Å². The Balaban J connectivity index is 1.90. The summed E-state index contributed by atoms with van der Waals surface area (Å²) in [6.07, 6.45) is 6.40.